The van der Waals surface area contributed by atoms with E-state index in [1.807, 2.05) is 24.3 Å². The third kappa shape index (κ3) is 3.78. The molecule has 1 aromatic rings. The summed E-state index contributed by atoms with van der Waals surface area (Å²) in [5.74, 6) is -0.0447. The molecule has 1 aliphatic rings. The maximum Gasteiger partial charge on any atom is 0.251 e. The van der Waals surface area contributed by atoms with Crippen molar-refractivity contribution in [3.63, 3.8) is 0 Å². The number of hydrogen-bond acceptors (Lipinski definition) is 3. The highest BCUT2D eigenvalue weighted by atomic mass is 79.9. The maximum absolute atomic E-state index is 12.1. The number of ether oxygens (including phenoxy) is 1. The van der Waals surface area contributed by atoms with E-state index in [1.54, 1.807) is 7.11 Å². The summed E-state index contributed by atoms with van der Waals surface area (Å²) < 4.78 is 6.23. The van der Waals surface area contributed by atoms with E-state index < -0.39 is 0 Å². The van der Waals surface area contributed by atoms with Crippen LogP contribution in [0.2, 0.25) is 0 Å². The Morgan fingerprint density at radius 2 is 2.21 bits per heavy atom. The summed E-state index contributed by atoms with van der Waals surface area (Å²) in [6.45, 7) is 2.20. The van der Waals surface area contributed by atoms with Crippen LogP contribution in [0.4, 0.5) is 0 Å². The highest BCUT2D eigenvalue weighted by molar-refractivity contribution is 9.10. The van der Waals surface area contributed by atoms with E-state index in [2.05, 4.69) is 26.6 Å². The highest BCUT2D eigenvalue weighted by Crippen LogP contribution is 2.19. The Morgan fingerprint density at radius 3 is 2.79 bits per heavy atom. The van der Waals surface area contributed by atoms with Crippen LogP contribution < -0.4 is 10.6 Å². The first-order chi connectivity index (χ1) is 9.15. The molecule has 2 N–H and O–H groups in total. The van der Waals surface area contributed by atoms with Crippen LogP contribution >= 0.6 is 15.9 Å². The van der Waals surface area contributed by atoms with Crippen LogP contribution in [0, 0.1) is 0 Å². The van der Waals surface area contributed by atoms with E-state index >= 15 is 0 Å². The fourth-order valence-electron chi connectivity index (χ4n) is 2.42. The van der Waals surface area contributed by atoms with Gasteiger partial charge in [0.1, 0.15) is 0 Å². The van der Waals surface area contributed by atoms with Gasteiger partial charge in [0.2, 0.25) is 0 Å². The summed E-state index contributed by atoms with van der Waals surface area (Å²) in [4.78, 5) is 12.1. The SMILES string of the molecule is COCC1(CNC(=O)c2ccc(Br)cc2)CCCN1. The van der Waals surface area contributed by atoms with Gasteiger partial charge in [0.15, 0.2) is 0 Å². The minimum Gasteiger partial charge on any atom is -0.383 e. The molecular formula is C14H19BrN2O2. The minimum atomic E-state index is -0.111. The summed E-state index contributed by atoms with van der Waals surface area (Å²) in [5.41, 5.74) is 0.563. The number of methoxy groups -OCH3 is 1. The first-order valence-electron chi connectivity index (χ1n) is 6.43. The first-order valence-corrected chi connectivity index (χ1v) is 7.22. The van der Waals surface area contributed by atoms with Crippen LogP contribution in [0.15, 0.2) is 28.7 Å². The second-order valence-electron chi connectivity index (χ2n) is 4.93. The van der Waals surface area contributed by atoms with Crippen molar-refractivity contribution in [2.45, 2.75) is 18.4 Å². The highest BCUT2D eigenvalue weighted by Gasteiger charge is 2.33. The fourth-order valence-corrected chi connectivity index (χ4v) is 2.69. The van der Waals surface area contributed by atoms with Gasteiger partial charge in [-0.1, -0.05) is 15.9 Å². The number of benzene rings is 1. The van der Waals surface area contributed by atoms with E-state index in [1.165, 1.54) is 0 Å². The van der Waals surface area contributed by atoms with Gasteiger partial charge < -0.3 is 15.4 Å². The Morgan fingerprint density at radius 1 is 1.47 bits per heavy atom. The van der Waals surface area contributed by atoms with Crippen molar-refractivity contribution in [2.24, 2.45) is 0 Å². The average Bonchev–Trinajstić information content (AvgIpc) is 2.86. The van der Waals surface area contributed by atoms with Crippen LogP contribution in [0.1, 0.15) is 23.2 Å². The van der Waals surface area contributed by atoms with Crippen LogP contribution in [0.5, 0.6) is 0 Å². The molecule has 0 saturated carbocycles. The van der Waals surface area contributed by atoms with Crippen molar-refractivity contribution >= 4 is 21.8 Å². The Balaban J connectivity index is 1.93. The number of carbonyl (C=O) groups excluding carboxylic acids is 1. The van der Waals surface area contributed by atoms with Crippen molar-refractivity contribution in [1.82, 2.24) is 10.6 Å². The largest absolute Gasteiger partial charge is 0.383 e. The molecular weight excluding hydrogens is 308 g/mol. The smallest absolute Gasteiger partial charge is 0.251 e. The molecule has 19 heavy (non-hydrogen) atoms. The van der Waals surface area contributed by atoms with Gasteiger partial charge in [-0.25, -0.2) is 0 Å². The third-order valence-corrected chi connectivity index (χ3v) is 3.98. The normalized spacial score (nSPS) is 22.4. The Bertz CT molecular complexity index is 428. The molecule has 1 aromatic carbocycles. The molecule has 1 unspecified atom stereocenters. The zero-order chi connectivity index (χ0) is 13.7. The Labute approximate surface area is 122 Å². The minimum absolute atomic E-state index is 0.0447. The molecule has 1 amide bonds. The van der Waals surface area contributed by atoms with Crippen LogP contribution in [0.3, 0.4) is 0 Å². The van der Waals surface area contributed by atoms with Crippen molar-refractivity contribution < 1.29 is 9.53 Å². The van der Waals surface area contributed by atoms with Gasteiger partial charge in [-0.15, -0.1) is 0 Å². The second-order valence-corrected chi connectivity index (χ2v) is 5.85. The molecule has 5 heteroatoms. The average molecular weight is 327 g/mol. The predicted molar refractivity (Wildman–Crippen MR) is 78.3 cm³/mol. The number of halogens is 1. The molecule has 1 atom stereocenters. The Kier molecular flexibility index (Phi) is 4.96. The molecule has 0 aliphatic carbocycles. The van der Waals surface area contributed by atoms with Gasteiger partial charge in [-0.05, 0) is 43.7 Å². The maximum atomic E-state index is 12.1. The molecule has 0 bridgehead atoms. The first kappa shape index (κ1) is 14.5. The lowest BCUT2D eigenvalue weighted by Crippen LogP contribution is -2.52. The van der Waals surface area contributed by atoms with Gasteiger partial charge in [0, 0.05) is 23.7 Å². The van der Waals surface area contributed by atoms with E-state index in [0.29, 0.717) is 18.7 Å². The van der Waals surface area contributed by atoms with Crippen molar-refractivity contribution in [1.29, 1.82) is 0 Å². The zero-order valence-electron chi connectivity index (χ0n) is 11.0. The lowest BCUT2D eigenvalue weighted by atomic mass is 9.98. The summed E-state index contributed by atoms with van der Waals surface area (Å²) in [6, 6.07) is 7.36. The van der Waals surface area contributed by atoms with Crippen LogP contribution in [0.25, 0.3) is 0 Å². The van der Waals surface area contributed by atoms with Crippen LogP contribution in [-0.4, -0.2) is 38.3 Å². The lowest BCUT2D eigenvalue weighted by Gasteiger charge is -2.28. The number of amides is 1. The van der Waals surface area contributed by atoms with Gasteiger partial charge in [-0.2, -0.15) is 0 Å². The quantitative estimate of drug-likeness (QED) is 0.869. The molecule has 0 aromatic heterocycles. The van der Waals surface area contributed by atoms with E-state index in [-0.39, 0.29) is 11.4 Å². The number of hydrogen-bond donors (Lipinski definition) is 2. The number of carbonyl (C=O) groups is 1. The van der Waals surface area contributed by atoms with E-state index in [9.17, 15) is 4.79 Å². The molecule has 1 heterocycles. The predicted octanol–water partition coefficient (Wildman–Crippen LogP) is 1.95. The van der Waals surface area contributed by atoms with Crippen molar-refractivity contribution in [3.05, 3.63) is 34.3 Å². The van der Waals surface area contributed by atoms with Gasteiger partial charge in [0.05, 0.1) is 12.1 Å². The van der Waals surface area contributed by atoms with Gasteiger partial charge >= 0.3 is 0 Å². The molecule has 1 aliphatic heterocycles. The molecule has 1 saturated heterocycles. The number of nitrogens with one attached hydrogen (secondary N) is 2. The van der Waals surface area contributed by atoms with Gasteiger partial charge in [-0.3, -0.25) is 4.79 Å². The zero-order valence-corrected chi connectivity index (χ0v) is 12.6. The van der Waals surface area contributed by atoms with Crippen molar-refractivity contribution in [2.75, 3.05) is 26.8 Å². The standard InChI is InChI=1S/C14H19BrN2O2/c1-19-10-14(7-2-8-17-14)9-16-13(18)11-3-5-12(15)6-4-11/h3-6,17H,2,7-10H2,1H3,(H,16,18). The Hall–Kier alpha value is -0.910. The summed E-state index contributed by atoms with van der Waals surface area (Å²) >= 11 is 3.36. The van der Waals surface area contributed by atoms with E-state index in [0.717, 1.165) is 23.9 Å². The lowest BCUT2D eigenvalue weighted by molar-refractivity contribution is 0.0892. The molecule has 0 radical (unpaired) electrons. The number of rotatable bonds is 5. The fraction of sp³-hybridized carbons (Fsp3) is 0.500. The molecule has 1 fully saturated rings. The monoisotopic (exact) mass is 326 g/mol. The molecule has 0 spiro atoms. The van der Waals surface area contributed by atoms with Gasteiger partial charge in [0.25, 0.3) is 5.91 Å². The summed E-state index contributed by atoms with van der Waals surface area (Å²) in [7, 11) is 1.69. The van der Waals surface area contributed by atoms with Crippen LogP contribution in [-0.2, 0) is 4.74 Å². The van der Waals surface area contributed by atoms with Crippen molar-refractivity contribution in [3.8, 4) is 0 Å². The molecule has 2 rings (SSSR count). The third-order valence-electron chi connectivity index (χ3n) is 3.45. The second kappa shape index (κ2) is 6.50. The molecule has 104 valence electrons. The molecule has 4 nitrogen and oxygen atoms in total. The topological polar surface area (TPSA) is 50.4 Å². The summed E-state index contributed by atoms with van der Waals surface area (Å²) in [5, 5.41) is 6.43. The van der Waals surface area contributed by atoms with E-state index in [4.69, 9.17) is 4.74 Å². The summed E-state index contributed by atoms with van der Waals surface area (Å²) in [6.07, 6.45) is 2.15.